The molecule has 88 valence electrons. The third-order valence-corrected chi connectivity index (χ3v) is 3.71. The van der Waals surface area contributed by atoms with Crippen molar-refractivity contribution in [3.63, 3.8) is 0 Å². The molecule has 0 amide bonds. The molecule has 4 heteroatoms. The van der Waals surface area contributed by atoms with Crippen LogP contribution in [0.5, 0.6) is 0 Å². The van der Waals surface area contributed by atoms with Gasteiger partial charge in [0, 0.05) is 18.0 Å². The highest BCUT2D eigenvalue weighted by Crippen LogP contribution is 2.41. The van der Waals surface area contributed by atoms with Gasteiger partial charge in [0.2, 0.25) is 0 Å². The average Bonchev–Trinajstić information content (AvgIpc) is 3.07. The average molecular weight is 245 g/mol. The second kappa shape index (κ2) is 4.94. The maximum atomic E-state index is 4.07. The van der Waals surface area contributed by atoms with Crippen molar-refractivity contribution in [3.8, 4) is 0 Å². The van der Waals surface area contributed by atoms with Gasteiger partial charge in [-0.2, -0.15) is 0 Å². The minimum Gasteiger partial charge on any atom is -0.304 e. The normalized spacial score (nSPS) is 16.9. The SMILES string of the molecule is c1ccc(C(NCc2csnn2)C2CC2)cc1. The number of hydrogen-bond donors (Lipinski definition) is 1. The van der Waals surface area contributed by atoms with Gasteiger partial charge in [-0.15, -0.1) is 5.10 Å². The van der Waals surface area contributed by atoms with Crippen LogP contribution in [0.4, 0.5) is 0 Å². The Morgan fingerprint density at radius 1 is 1.29 bits per heavy atom. The molecule has 0 saturated heterocycles. The van der Waals surface area contributed by atoms with Crippen LogP contribution >= 0.6 is 11.5 Å². The van der Waals surface area contributed by atoms with E-state index in [9.17, 15) is 0 Å². The van der Waals surface area contributed by atoms with Gasteiger partial charge in [0.1, 0.15) is 0 Å². The van der Waals surface area contributed by atoms with Gasteiger partial charge in [-0.1, -0.05) is 34.8 Å². The van der Waals surface area contributed by atoms with Crippen molar-refractivity contribution in [1.82, 2.24) is 14.9 Å². The first-order valence-corrected chi connectivity index (χ1v) is 6.81. The Morgan fingerprint density at radius 2 is 2.12 bits per heavy atom. The van der Waals surface area contributed by atoms with Crippen LogP contribution in [0.3, 0.4) is 0 Å². The Hall–Kier alpha value is -1.26. The van der Waals surface area contributed by atoms with Crippen LogP contribution in [0.1, 0.15) is 30.1 Å². The Morgan fingerprint density at radius 3 is 2.76 bits per heavy atom. The molecule has 1 N–H and O–H groups in total. The zero-order chi connectivity index (χ0) is 11.5. The highest BCUT2D eigenvalue weighted by atomic mass is 32.1. The molecule has 1 aromatic heterocycles. The lowest BCUT2D eigenvalue weighted by Gasteiger charge is -2.17. The molecule has 0 bridgehead atoms. The predicted octanol–water partition coefficient (Wildman–Crippen LogP) is 2.78. The first kappa shape index (κ1) is 10.9. The van der Waals surface area contributed by atoms with Crippen LogP contribution in [0.2, 0.25) is 0 Å². The minimum atomic E-state index is 0.470. The molecule has 1 unspecified atom stereocenters. The maximum Gasteiger partial charge on any atom is 0.0893 e. The first-order valence-electron chi connectivity index (χ1n) is 5.98. The maximum absolute atomic E-state index is 4.07. The zero-order valence-electron chi connectivity index (χ0n) is 9.54. The van der Waals surface area contributed by atoms with Crippen LogP contribution in [-0.4, -0.2) is 9.59 Å². The van der Waals surface area contributed by atoms with E-state index in [0.29, 0.717) is 6.04 Å². The molecule has 17 heavy (non-hydrogen) atoms. The largest absolute Gasteiger partial charge is 0.304 e. The zero-order valence-corrected chi connectivity index (χ0v) is 10.4. The molecule has 2 aromatic rings. The summed E-state index contributed by atoms with van der Waals surface area (Å²) in [6, 6.07) is 11.2. The lowest BCUT2D eigenvalue weighted by molar-refractivity contribution is 0.476. The highest BCUT2D eigenvalue weighted by Gasteiger charge is 2.31. The minimum absolute atomic E-state index is 0.470. The molecule has 1 aromatic carbocycles. The van der Waals surface area contributed by atoms with Gasteiger partial charge in [0.05, 0.1) is 5.69 Å². The molecule has 1 fully saturated rings. The quantitative estimate of drug-likeness (QED) is 0.880. The molecule has 3 nitrogen and oxygen atoms in total. The Balaban J connectivity index is 1.68. The third-order valence-electron chi connectivity index (χ3n) is 3.16. The number of rotatable bonds is 5. The van der Waals surface area contributed by atoms with Gasteiger partial charge in [0.15, 0.2) is 0 Å². The highest BCUT2D eigenvalue weighted by molar-refractivity contribution is 7.03. The van der Waals surface area contributed by atoms with E-state index in [0.717, 1.165) is 18.2 Å². The van der Waals surface area contributed by atoms with Crippen LogP contribution in [0.15, 0.2) is 35.7 Å². The van der Waals surface area contributed by atoms with E-state index in [4.69, 9.17) is 0 Å². The summed E-state index contributed by atoms with van der Waals surface area (Å²) < 4.78 is 3.89. The van der Waals surface area contributed by atoms with Gasteiger partial charge in [-0.3, -0.25) is 0 Å². The van der Waals surface area contributed by atoms with Crippen molar-refractivity contribution in [2.24, 2.45) is 5.92 Å². The topological polar surface area (TPSA) is 37.8 Å². The monoisotopic (exact) mass is 245 g/mol. The van der Waals surface area contributed by atoms with Gasteiger partial charge in [-0.05, 0) is 35.9 Å². The van der Waals surface area contributed by atoms with Crippen LogP contribution < -0.4 is 5.32 Å². The van der Waals surface area contributed by atoms with Crippen molar-refractivity contribution in [1.29, 1.82) is 0 Å². The summed E-state index contributed by atoms with van der Waals surface area (Å²) in [6.07, 6.45) is 2.67. The molecule has 3 rings (SSSR count). The molecule has 0 radical (unpaired) electrons. The Bertz CT molecular complexity index is 451. The van der Waals surface area contributed by atoms with Gasteiger partial charge in [0.25, 0.3) is 0 Å². The number of nitrogens with one attached hydrogen (secondary N) is 1. The van der Waals surface area contributed by atoms with Crippen LogP contribution in [-0.2, 0) is 6.54 Å². The van der Waals surface area contributed by atoms with E-state index in [1.807, 2.05) is 5.38 Å². The number of nitrogens with zero attached hydrogens (tertiary/aromatic N) is 2. The Kier molecular flexibility index (Phi) is 3.16. The first-order chi connectivity index (χ1) is 8.43. The fourth-order valence-corrected chi connectivity index (χ4v) is 2.57. The van der Waals surface area contributed by atoms with E-state index < -0.39 is 0 Å². The summed E-state index contributed by atoms with van der Waals surface area (Å²) in [5.74, 6) is 0.795. The standard InChI is InChI=1S/C13H15N3S/c1-2-4-10(5-3-1)13(11-6-7-11)14-8-12-9-17-16-15-12/h1-5,9,11,13-14H,6-8H2. The van der Waals surface area contributed by atoms with E-state index in [1.165, 1.54) is 29.9 Å². The van der Waals surface area contributed by atoms with Crippen molar-refractivity contribution < 1.29 is 0 Å². The van der Waals surface area contributed by atoms with Crippen molar-refractivity contribution in [2.75, 3.05) is 0 Å². The lowest BCUT2D eigenvalue weighted by atomic mass is 10.0. The molecular weight excluding hydrogens is 230 g/mol. The lowest BCUT2D eigenvalue weighted by Crippen LogP contribution is -2.22. The summed E-state index contributed by atoms with van der Waals surface area (Å²) in [5.41, 5.74) is 2.43. The van der Waals surface area contributed by atoms with E-state index in [1.54, 1.807) is 0 Å². The van der Waals surface area contributed by atoms with Gasteiger partial charge >= 0.3 is 0 Å². The van der Waals surface area contributed by atoms with E-state index in [2.05, 4.69) is 45.2 Å². The summed E-state index contributed by atoms with van der Waals surface area (Å²) in [5, 5.41) is 9.67. The molecule has 1 saturated carbocycles. The van der Waals surface area contributed by atoms with Crippen LogP contribution in [0, 0.1) is 5.92 Å². The van der Waals surface area contributed by atoms with Gasteiger partial charge in [-0.25, -0.2) is 0 Å². The number of aromatic nitrogens is 2. The van der Waals surface area contributed by atoms with Crippen molar-refractivity contribution in [2.45, 2.75) is 25.4 Å². The smallest absolute Gasteiger partial charge is 0.0893 e. The fraction of sp³-hybridized carbons (Fsp3) is 0.385. The molecule has 0 aliphatic heterocycles. The number of benzene rings is 1. The summed E-state index contributed by atoms with van der Waals surface area (Å²) in [7, 11) is 0. The molecule has 1 aliphatic rings. The van der Waals surface area contributed by atoms with Crippen molar-refractivity contribution >= 4 is 11.5 Å². The van der Waals surface area contributed by atoms with E-state index >= 15 is 0 Å². The molecular formula is C13H15N3S. The Labute approximate surface area is 105 Å². The molecule has 1 heterocycles. The third kappa shape index (κ3) is 2.70. The van der Waals surface area contributed by atoms with Crippen LogP contribution in [0.25, 0.3) is 0 Å². The summed E-state index contributed by atoms with van der Waals surface area (Å²) >= 11 is 1.41. The predicted molar refractivity (Wildman–Crippen MR) is 68.7 cm³/mol. The fourth-order valence-electron chi connectivity index (χ4n) is 2.12. The van der Waals surface area contributed by atoms with Crippen molar-refractivity contribution in [3.05, 3.63) is 47.0 Å². The second-order valence-electron chi connectivity index (χ2n) is 4.50. The summed E-state index contributed by atoms with van der Waals surface area (Å²) in [6.45, 7) is 0.812. The summed E-state index contributed by atoms with van der Waals surface area (Å²) in [4.78, 5) is 0. The second-order valence-corrected chi connectivity index (χ2v) is 5.11. The van der Waals surface area contributed by atoms with E-state index in [-0.39, 0.29) is 0 Å². The number of hydrogen-bond acceptors (Lipinski definition) is 4. The molecule has 1 atom stereocenters. The van der Waals surface area contributed by atoms with Gasteiger partial charge < -0.3 is 5.32 Å². The molecule has 1 aliphatic carbocycles. The molecule has 0 spiro atoms.